The van der Waals surface area contributed by atoms with E-state index in [1.807, 2.05) is 0 Å². The number of halogens is 2. The molecule has 0 spiro atoms. The van der Waals surface area contributed by atoms with Gasteiger partial charge in [-0.15, -0.1) is 0 Å². The van der Waals surface area contributed by atoms with E-state index >= 15 is 0 Å². The van der Waals surface area contributed by atoms with Gasteiger partial charge >= 0.3 is 0 Å². The Bertz CT molecular complexity index is 690. The zero-order valence-corrected chi connectivity index (χ0v) is 14.0. The zero-order chi connectivity index (χ0) is 16.7. The summed E-state index contributed by atoms with van der Waals surface area (Å²) in [6.45, 7) is 1.93. The van der Waals surface area contributed by atoms with Crippen LogP contribution in [0.3, 0.4) is 0 Å². The molecule has 0 saturated heterocycles. The monoisotopic (exact) mass is 352 g/mol. The Hall–Kier alpha value is -1.75. The minimum atomic E-state index is 0.160. The molecule has 0 amide bonds. The molecule has 0 unspecified atom stereocenters. The fourth-order valence-corrected chi connectivity index (χ4v) is 2.38. The van der Waals surface area contributed by atoms with E-state index in [2.05, 4.69) is 10.3 Å². The molecule has 2 aromatic rings. The number of nitrogens with one attached hydrogen (secondary N) is 1. The molecular weight excluding hydrogens is 335 g/mol. The number of rotatable bonds is 7. The average molecular weight is 353 g/mol. The van der Waals surface area contributed by atoms with Crippen LogP contribution >= 0.6 is 23.2 Å². The van der Waals surface area contributed by atoms with Crippen molar-refractivity contribution in [2.24, 2.45) is 4.99 Å². The van der Waals surface area contributed by atoms with Crippen molar-refractivity contribution in [3.05, 3.63) is 57.6 Å². The van der Waals surface area contributed by atoms with E-state index in [9.17, 15) is 10.2 Å². The van der Waals surface area contributed by atoms with Gasteiger partial charge < -0.3 is 15.5 Å². The third-order valence-corrected chi connectivity index (χ3v) is 3.69. The molecule has 0 radical (unpaired) electrons. The number of nitrogens with zero attached hydrogens (tertiary/aromatic N) is 1. The molecule has 0 atom stereocenters. The third kappa shape index (κ3) is 5.75. The summed E-state index contributed by atoms with van der Waals surface area (Å²) in [5, 5.41) is 23.7. The molecule has 4 nitrogen and oxygen atoms in total. The molecule has 6 heteroatoms. The fourth-order valence-electron chi connectivity index (χ4n) is 2.01. The second-order valence-corrected chi connectivity index (χ2v) is 5.91. The summed E-state index contributed by atoms with van der Waals surface area (Å²) < 4.78 is 0. The summed E-state index contributed by atoms with van der Waals surface area (Å²) in [5.41, 5.74) is 1.37. The molecule has 0 aliphatic rings. The highest BCUT2D eigenvalue weighted by Crippen LogP contribution is 2.21. The molecule has 2 aromatic carbocycles. The van der Waals surface area contributed by atoms with Crippen LogP contribution in [0.2, 0.25) is 10.0 Å². The lowest BCUT2D eigenvalue weighted by molar-refractivity contribution is 0.464. The summed E-state index contributed by atoms with van der Waals surface area (Å²) in [7, 11) is 0. The molecule has 0 bridgehead atoms. The Balaban J connectivity index is 1.70. The topological polar surface area (TPSA) is 64.9 Å². The molecule has 0 aliphatic carbocycles. The van der Waals surface area contributed by atoms with Gasteiger partial charge in [-0.05, 0) is 49.4 Å². The summed E-state index contributed by atoms with van der Waals surface area (Å²) in [4.78, 5) is 4.27. The quantitative estimate of drug-likeness (QED) is 0.521. The van der Waals surface area contributed by atoms with Gasteiger partial charge in [0.2, 0.25) is 0 Å². The van der Waals surface area contributed by atoms with Crippen molar-refractivity contribution >= 4 is 29.4 Å². The van der Waals surface area contributed by atoms with E-state index < -0.39 is 0 Å². The van der Waals surface area contributed by atoms with Gasteiger partial charge in [0.15, 0.2) is 0 Å². The highest BCUT2D eigenvalue weighted by Gasteiger charge is 2.01. The lowest BCUT2D eigenvalue weighted by atomic mass is 10.2. The second kappa shape index (κ2) is 8.77. The number of benzene rings is 2. The molecule has 0 saturated carbocycles. The first kappa shape index (κ1) is 17.6. The molecule has 3 N–H and O–H groups in total. The summed E-state index contributed by atoms with van der Waals surface area (Å²) in [5.74, 6) is 0.393. The normalized spacial score (nSPS) is 11.2. The largest absolute Gasteiger partial charge is 0.508 e. The van der Waals surface area contributed by atoms with Crippen LogP contribution in [0.15, 0.2) is 41.4 Å². The van der Waals surface area contributed by atoms with E-state index in [4.69, 9.17) is 23.2 Å². The predicted octanol–water partition coefficient (Wildman–Crippen LogP) is 4.00. The minimum absolute atomic E-state index is 0.160. The average Bonchev–Trinajstić information content (AvgIpc) is 2.52. The first-order valence-corrected chi connectivity index (χ1v) is 7.98. The minimum Gasteiger partial charge on any atom is -0.508 e. The Morgan fingerprint density at radius 3 is 2.48 bits per heavy atom. The van der Waals surface area contributed by atoms with Crippen LogP contribution in [0, 0.1) is 0 Å². The lowest BCUT2D eigenvalue weighted by Crippen LogP contribution is -2.15. The molecular formula is C17H18Cl2N2O2. The number of aromatic hydroxyl groups is 2. The van der Waals surface area contributed by atoms with Crippen LogP contribution in [0.4, 0.5) is 0 Å². The fraction of sp³-hybridized carbons (Fsp3) is 0.235. The van der Waals surface area contributed by atoms with Gasteiger partial charge in [-0.1, -0.05) is 23.2 Å². The van der Waals surface area contributed by atoms with E-state index in [1.165, 1.54) is 0 Å². The van der Waals surface area contributed by atoms with E-state index in [0.29, 0.717) is 28.7 Å². The Morgan fingerprint density at radius 2 is 1.70 bits per heavy atom. The van der Waals surface area contributed by atoms with Crippen LogP contribution in [0.5, 0.6) is 11.5 Å². The van der Waals surface area contributed by atoms with E-state index in [-0.39, 0.29) is 11.5 Å². The molecule has 122 valence electrons. The number of phenols is 2. The standard InChI is InChI=1S/C17H18Cl2N2O2/c18-14-2-4-16(22)12(8-14)10-20-6-1-7-21-11-13-9-15(19)3-5-17(13)23/h2-5,8-10,21-23H,1,6-7,11H2. The highest BCUT2D eigenvalue weighted by atomic mass is 35.5. The van der Waals surface area contributed by atoms with Crippen molar-refractivity contribution < 1.29 is 10.2 Å². The van der Waals surface area contributed by atoms with Gasteiger partial charge in [-0.3, -0.25) is 4.99 Å². The Morgan fingerprint density at radius 1 is 1.00 bits per heavy atom. The second-order valence-electron chi connectivity index (χ2n) is 5.04. The van der Waals surface area contributed by atoms with Crippen LogP contribution < -0.4 is 5.32 Å². The van der Waals surface area contributed by atoms with Gasteiger partial charge in [-0.2, -0.15) is 0 Å². The first-order chi connectivity index (χ1) is 11.1. The number of hydrogen-bond acceptors (Lipinski definition) is 4. The van der Waals surface area contributed by atoms with Gasteiger partial charge in [0, 0.05) is 40.5 Å². The van der Waals surface area contributed by atoms with Gasteiger partial charge in [0.05, 0.1) is 0 Å². The summed E-state index contributed by atoms with van der Waals surface area (Å²) >= 11 is 11.8. The van der Waals surface area contributed by atoms with Gasteiger partial charge in [0.25, 0.3) is 0 Å². The SMILES string of the molecule is Oc1ccc(Cl)cc1C=NCCCNCc1cc(Cl)ccc1O. The van der Waals surface area contributed by atoms with E-state index in [1.54, 1.807) is 42.6 Å². The van der Waals surface area contributed by atoms with Crippen LogP contribution in [0.25, 0.3) is 0 Å². The van der Waals surface area contributed by atoms with Crippen molar-refractivity contribution in [3.63, 3.8) is 0 Å². The summed E-state index contributed by atoms with van der Waals surface area (Å²) in [6.07, 6.45) is 2.45. The van der Waals surface area contributed by atoms with Crippen LogP contribution in [-0.2, 0) is 6.54 Å². The maximum absolute atomic E-state index is 9.69. The molecule has 2 rings (SSSR count). The maximum Gasteiger partial charge on any atom is 0.124 e. The molecule has 0 aliphatic heterocycles. The molecule has 0 aromatic heterocycles. The predicted molar refractivity (Wildman–Crippen MR) is 95.0 cm³/mol. The Labute approximate surface area is 145 Å². The van der Waals surface area contributed by atoms with Crippen molar-refractivity contribution in [1.82, 2.24) is 5.32 Å². The van der Waals surface area contributed by atoms with Crippen molar-refractivity contribution in [2.45, 2.75) is 13.0 Å². The van der Waals surface area contributed by atoms with Crippen molar-refractivity contribution in [3.8, 4) is 11.5 Å². The Kier molecular flexibility index (Phi) is 6.71. The highest BCUT2D eigenvalue weighted by molar-refractivity contribution is 6.31. The molecule has 0 fully saturated rings. The smallest absolute Gasteiger partial charge is 0.124 e. The molecule has 23 heavy (non-hydrogen) atoms. The summed E-state index contributed by atoms with van der Waals surface area (Å²) in [6, 6.07) is 9.82. The van der Waals surface area contributed by atoms with Crippen molar-refractivity contribution in [1.29, 1.82) is 0 Å². The maximum atomic E-state index is 9.69. The third-order valence-electron chi connectivity index (χ3n) is 3.22. The molecule has 0 heterocycles. The number of hydrogen-bond donors (Lipinski definition) is 3. The zero-order valence-electron chi connectivity index (χ0n) is 12.5. The van der Waals surface area contributed by atoms with Gasteiger partial charge in [-0.25, -0.2) is 0 Å². The first-order valence-electron chi connectivity index (χ1n) is 7.23. The van der Waals surface area contributed by atoms with Crippen molar-refractivity contribution in [2.75, 3.05) is 13.1 Å². The lowest BCUT2D eigenvalue weighted by Gasteiger charge is -2.06. The number of aliphatic imine (C=N–C) groups is 1. The van der Waals surface area contributed by atoms with Crippen LogP contribution in [0.1, 0.15) is 17.5 Å². The van der Waals surface area contributed by atoms with Crippen LogP contribution in [-0.4, -0.2) is 29.5 Å². The van der Waals surface area contributed by atoms with Gasteiger partial charge in [0.1, 0.15) is 11.5 Å². The number of phenolic OH excluding ortho intramolecular Hbond substituents is 2. The van der Waals surface area contributed by atoms with E-state index in [0.717, 1.165) is 18.5 Å².